The highest BCUT2D eigenvalue weighted by Crippen LogP contribution is 2.37. The molecule has 0 amide bonds. The lowest BCUT2D eigenvalue weighted by Crippen LogP contribution is -2.40. The minimum atomic E-state index is -1.94. The van der Waals surface area contributed by atoms with Gasteiger partial charge in [0.25, 0.3) is 8.32 Å². The van der Waals surface area contributed by atoms with Crippen LogP contribution in [0.5, 0.6) is 0 Å². The average Bonchev–Trinajstić information content (AvgIpc) is 2.45. The number of hydrogen-bond acceptors (Lipinski definition) is 3. The second-order valence-electron chi connectivity index (χ2n) is 7.47. The highest BCUT2D eigenvalue weighted by Gasteiger charge is 2.39. The van der Waals surface area contributed by atoms with E-state index in [1.807, 2.05) is 6.08 Å². The molecule has 0 aliphatic carbocycles. The smallest absolute Gasteiger partial charge is 0.250 e. The minimum Gasteiger partial charge on any atom is -0.542 e. The van der Waals surface area contributed by atoms with E-state index in [0.29, 0.717) is 12.4 Å². The summed E-state index contributed by atoms with van der Waals surface area (Å²) in [6, 6.07) is 3.47. The number of allylic oxidation sites excluding steroid dienone is 1. The topological polar surface area (TPSA) is 35.5 Å². The molecular weight excluding hydrogens is 308 g/mol. The molecule has 0 heterocycles. The van der Waals surface area contributed by atoms with Gasteiger partial charge < -0.3 is 8.85 Å². The number of rotatable bonds is 10. The fraction of sp³-hybridized carbons (Fsp3) is 0.824. The van der Waals surface area contributed by atoms with Crippen LogP contribution in [0.2, 0.25) is 36.3 Å². The normalized spacial score (nSPS) is 14.1. The van der Waals surface area contributed by atoms with Crippen molar-refractivity contribution in [3.05, 3.63) is 11.8 Å². The minimum absolute atomic E-state index is 0.0975. The number of hydrogen-bond donors (Lipinski definition) is 0. The summed E-state index contributed by atoms with van der Waals surface area (Å²) in [4.78, 5) is 11.3. The zero-order chi connectivity index (χ0) is 17.4. The van der Waals surface area contributed by atoms with Gasteiger partial charge in [0, 0.05) is 6.61 Å². The first-order valence-corrected chi connectivity index (χ1v) is 14.0. The summed E-state index contributed by atoms with van der Waals surface area (Å²) in [5.41, 5.74) is 0. The molecule has 130 valence electrons. The van der Waals surface area contributed by atoms with Crippen molar-refractivity contribution in [1.82, 2.24) is 0 Å². The molecule has 22 heavy (non-hydrogen) atoms. The SMILES string of the molecule is CC[Si](CC)(CC)OCC/C=C(/C=O)O[Si](C)(C)C(C)(C)C. The Morgan fingerprint density at radius 3 is 1.91 bits per heavy atom. The van der Waals surface area contributed by atoms with Crippen molar-refractivity contribution >= 4 is 22.9 Å². The maximum Gasteiger partial charge on any atom is 0.250 e. The monoisotopic (exact) mass is 344 g/mol. The first-order valence-electron chi connectivity index (χ1n) is 8.55. The molecule has 0 rings (SSSR count). The van der Waals surface area contributed by atoms with Gasteiger partial charge in [-0.2, -0.15) is 0 Å². The van der Waals surface area contributed by atoms with Crippen LogP contribution in [0.4, 0.5) is 0 Å². The Labute approximate surface area is 139 Å². The lowest BCUT2D eigenvalue weighted by atomic mass is 10.2. The highest BCUT2D eigenvalue weighted by molar-refractivity contribution is 6.74. The molecule has 3 nitrogen and oxygen atoms in total. The molecule has 0 saturated heterocycles. The summed E-state index contributed by atoms with van der Waals surface area (Å²) >= 11 is 0. The number of carbonyl (C=O) groups is 1. The predicted molar refractivity (Wildman–Crippen MR) is 100 cm³/mol. The van der Waals surface area contributed by atoms with E-state index in [2.05, 4.69) is 54.6 Å². The van der Waals surface area contributed by atoms with Crippen LogP contribution in [0.3, 0.4) is 0 Å². The molecular formula is C17H36O3Si2. The Balaban J connectivity index is 4.61. The van der Waals surface area contributed by atoms with Crippen LogP contribution in [0.15, 0.2) is 11.8 Å². The summed E-state index contributed by atoms with van der Waals surface area (Å²) in [7, 11) is -3.46. The van der Waals surface area contributed by atoms with Gasteiger partial charge in [-0.25, -0.2) is 0 Å². The van der Waals surface area contributed by atoms with Gasteiger partial charge in [-0.3, -0.25) is 4.79 Å². The lowest BCUT2D eigenvalue weighted by molar-refractivity contribution is -0.106. The summed E-state index contributed by atoms with van der Waals surface area (Å²) in [5.74, 6) is 0.479. The highest BCUT2D eigenvalue weighted by atomic mass is 28.4. The number of aldehydes is 1. The Hall–Kier alpha value is -0.396. The van der Waals surface area contributed by atoms with E-state index < -0.39 is 16.6 Å². The van der Waals surface area contributed by atoms with Gasteiger partial charge in [-0.15, -0.1) is 0 Å². The average molecular weight is 345 g/mol. The van der Waals surface area contributed by atoms with Gasteiger partial charge in [-0.05, 0) is 48.8 Å². The van der Waals surface area contributed by atoms with Crippen molar-refractivity contribution in [2.45, 2.75) is 84.2 Å². The van der Waals surface area contributed by atoms with Crippen LogP contribution in [0, 0.1) is 0 Å². The van der Waals surface area contributed by atoms with Crippen LogP contribution in [0.1, 0.15) is 48.0 Å². The second kappa shape index (κ2) is 9.04. The predicted octanol–water partition coefficient (Wildman–Crippen LogP) is 5.50. The van der Waals surface area contributed by atoms with Gasteiger partial charge in [0.05, 0.1) is 0 Å². The molecule has 0 aromatic rings. The van der Waals surface area contributed by atoms with Gasteiger partial charge >= 0.3 is 0 Å². The zero-order valence-electron chi connectivity index (χ0n) is 15.9. The van der Waals surface area contributed by atoms with E-state index in [4.69, 9.17) is 8.85 Å². The summed E-state index contributed by atoms with van der Waals surface area (Å²) in [6.07, 6.45) is 3.48. The summed E-state index contributed by atoms with van der Waals surface area (Å²) in [6.45, 7) is 18.2. The third-order valence-electron chi connectivity index (χ3n) is 5.10. The third-order valence-corrected chi connectivity index (χ3v) is 14.1. The summed E-state index contributed by atoms with van der Waals surface area (Å²) in [5, 5.41) is 0.0975. The maximum atomic E-state index is 11.3. The Morgan fingerprint density at radius 2 is 1.55 bits per heavy atom. The van der Waals surface area contributed by atoms with E-state index in [0.717, 1.165) is 30.8 Å². The molecule has 0 spiro atoms. The molecule has 0 aliphatic rings. The molecule has 0 unspecified atom stereocenters. The van der Waals surface area contributed by atoms with E-state index >= 15 is 0 Å². The molecule has 0 atom stereocenters. The van der Waals surface area contributed by atoms with E-state index in [1.165, 1.54) is 0 Å². The van der Waals surface area contributed by atoms with Gasteiger partial charge in [0.15, 0.2) is 14.6 Å². The largest absolute Gasteiger partial charge is 0.542 e. The molecule has 0 N–H and O–H groups in total. The van der Waals surface area contributed by atoms with E-state index in [1.54, 1.807) is 0 Å². The van der Waals surface area contributed by atoms with Crippen molar-refractivity contribution in [2.24, 2.45) is 0 Å². The van der Waals surface area contributed by atoms with Crippen molar-refractivity contribution in [1.29, 1.82) is 0 Å². The molecule has 0 aromatic carbocycles. The van der Waals surface area contributed by atoms with Gasteiger partial charge in [-0.1, -0.05) is 41.5 Å². The van der Waals surface area contributed by atoms with Crippen LogP contribution in [-0.4, -0.2) is 29.5 Å². The molecule has 0 saturated carbocycles. The van der Waals surface area contributed by atoms with Crippen molar-refractivity contribution in [2.75, 3.05) is 6.61 Å². The third kappa shape index (κ3) is 6.38. The number of carbonyl (C=O) groups excluding carboxylic acids is 1. The van der Waals surface area contributed by atoms with Gasteiger partial charge in [0.2, 0.25) is 0 Å². The molecule has 0 aromatic heterocycles. The summed E-state index contributed by atoms with van der Waals surface area (Å²) < 4.78 is 12.3. The Kier molecular flexibility index (Phi) is 8.87. The van der Waals surface area contributed by atoms with Crippen molar-refractivity contribution in [3.8, 4) is 0 Å². The lowest BCUT2D eigenvalue weighted by Gasteiger charge is -2.36. The first-order chi connectivity index (χ1) is 10.1. The Morgan fingerprint density at radius 1 is 1.05 bits per heavy atom. The second-order valence-corrected chi connectivity index (χ2v) is 17.0. The van der Waals surface area contributed by atoms with Gasteiger partial charge in [0.1, 0.15) is 5.76 Å². The first kappa shape index (κ1) is 21.6. The Bertz CT molecular complexity index is 358. The standard InChI is InChI=1S/C17H36O3Si2/c1-9-22(10-2,11-3)19-14-12-13-16(15-18)20-21(7,8)17(4,5)6/h13,15H,9-12,14H2,1-8H3/b16-13-. The molecule has 0 radical (unpaired) electrons. The molecule has 0 fully saturated rings. The molecule has 0 bridgehead atoms. The quantitative estimate of drug-likeness (QED) is 0.172. The molecule has 5 heteroatoms. The van der Waals surface area contributed by atoms with Crippen LogP contribution in [0.25, 0.3) is 0 Å². The van der Waals surface area contributed by atoms with Crippen LogP contribution in [-0.2, 0) is 13.6 Å². The van der Waals surface area contributed by atoms with Crippen LogP contribution < -0.4 is 0 Å². The van der Waals surface area contributed by atoms with E-state index in [9.17, 15) is 4.79 Å². The van der Waals surface area contributed by atoms with Crippen LogP contribution >= 0.6 is 0 Å². The molecule has 0 aliphatic heterocycles. The zero-order valence-corrected chi connectivity index (χ0v) is 17.9. The van der Waals surface area contributed by atoms with Crippen molar-refractivity contribution in [3.63, 3.8) is 0 Å². The van der Waals surface area contributed by atoms with E-state index in [-0.39, 0.29) is 5.04 Å². The van der Waals surface area contributed by atoms with Crippen molar-refractivity contribution < 1.29 is 13.6 Å². The fourth-order valence-corrected chi connectivity index (χ4v) is 5.78. The maximum absolute atomic E-state index is 11.3. The fourth-order valence-electron chi connectivity index (χ4n) is 2.09.